The van der Waals surface area contributed by atoms with Crippen LogP contribution in [0.15, 0.2) is 5.38 Å². The van der Waals surface area contributed by atoms with Crippen molar-refractivity contribution in [2.45, 2.75) is 19.8 Å². The number of thiazole rings is 1. The first-order valence-corrected chi connectivity index (χ1v) is 5.87. The van der Waals surface area contributed by atoms with Crippen LogP contribution in [0.5, 0.6) is 0 Å². The van der Waals surface area contributed by atoms with Crippen LogP contribution in [0.1, 0.15) is 19.8 Å². The fourth-order valence-corrected chi connectivity index (χ4v) is 2.74. The number of hydrogen-bond donors (Lipinski definition) is 0. The maximum Gasteiger partial charge on any atom is 0.186 e. The molecule has 4 heteroatoms. The quantitative estimate of drug-likeness (QED) is 0.718. The monoisotopic (exact) mass is 216 g/mol. The van der Waals surface area contributed by atoms with E-state index in [1.54, 1.807) is 11.3 Å². The summed E-state index contributed by atoms with van der Waals surface area (Å²) in [6.45, 7) is 4.55. The van der Waals surface area contributed by atoms with Gasteiger partial charge in [-0.1, -0.05) is 18.5 Å². The minimum absolute atomic E-state index is 0.623. The molecular formula is C9H13ClN2S. The first kappa shape index (κ1) is 9.28. The topological polar surface area (TPSA) is 16.1 Å². The first-order valence-electron chi connectivity index (χ1n) is 4.61. The van der Waals surface area contributed by atoms with Crippen LogP contribution in [0.3, 0.4) is 0 Å². The summed E-state index contributed by atoms with van der Waals surface area (Å²) in [5, 5.41) is 3.60. The second-order valence-electron chi connectivity index (χ2n) is 3.65. The van der Waals surface area contributed by atoms with Crippen molar-refractivity contribution in [1.29, 1.82) is 0 Å². The van der Waals surface area contributed by atoms with Crippen LogP contribution in [0, 0.1) is 5.92 Å². The fourth-order valence-electron chi connectivity index (χ4n) is 1.75. The van der Waals surface area contributed by atoms with Gasteiger partial charge in [-0.25, -0.2) is 4.98 Å². The molecule has 1 atom stereocenters. The Morgan fingerprint density at radius 3 is 3.15 bits per heavy atom. The lowest BCUT2D eigenvalue weighted by Crippen LogP contribution is -2.34. The summed E-state index contributed by atoms with van der Waals surface area (Å²) < 4.78 is 0. The molecule has 1 aromatic rings. The zero-order valence-electron chi connectivity index (χ0n) is 7.66. The molecule has 1 unspecified atom stereocenters. The molecule has 0 saturated carbocycles. The lowest BCUT2D eigenvalue weighted by atomic mass is 10.0. The number of halogens is 1. The molecule has 2 heterocycles. The number of piperidine rings is 1. The third kappa shape index (κ3) is 2.15. The SMILES string of the molecule is CC1CCCN(c2nc(Cl)cs2)C1. The van der Waals surface area contributed by atoms with Crippen molar-refractivity contribution >= 4 is 28.1 Å². The maximum atomic E-state index is 5.79. The average Bonchev–Trinajstić information content (AvgIpc) is 2.52. The van der Waals surface area contributed by atoms with E-state index in [0.717, 1.165) is 24.1 Å². The summed E-state index contributed by atoms with van der Waals surface area (Å²) in [5.74, 6) is 0.788. The first-order chi connectivity index (χ1) is 6.25. The van der Waals surface area contributed by atoms with Gasteiger partial charge < -0.3 is 4.90 Å². The highest BCUT2D eigenvalue weighted by molar-refractivity contribution is 7.14. The van der Waals surface area contributed by atoms with E-state index in [4.69, 9.17) is 11.6 Å². The molecule has 0 aromatic carbocycles. The molecule has 13 heavy (non-hydrogen) atoms. The summed E-state index contributed by atoms with van der Waals surface area (Å²) in [4.78, 5) is 6.62. The van der Waals surface area contributed by atoms with Crippen molar-refractivity contribution in [3.05, 3.63) is 10.5 Å². The number of nitrogens with zero attached hydrogens (tertiary/aromatic N) is 2. The molecule has 0 radical (unpaired) electrons. The highest BCUT2D eigenvalue weighted by Gasteiger charge is 2.18. The Bertz CT molecular complexity index is 287. The van der Waals surface area contributed by atoms with E-state index >= 15 is 0 Å². The molecule has 0 bridgehead atoms. The molecule has 1 aliphatic rings. The lowest BCUT2D eigenvalue weighted by Gasteiger charge is -2.30. The molecule has 0 aliphatic carbocycles. The minimum Gasteiger partial charge on any atom is -0.348 e. The normalized spacial score (nSPS) is 23.5. The Morgan fingerprint density at radius 2 is 2.54 bits per heavy atom. The van der Waals surface area contributed by atoms with Crippen LogP contribution in [0.2, 0.25) is 5.15 Å². The summed E-state index contributed by atoms with van der Waals surface area (Å²) in [6.07, 6.45) is 2.62. The largest absolute Gasteiger partial charge is 0.348 e. The molecule has 2 nitrogen and oxygen atoms in total. The number of anilines is 1. The van der Waals surface area contributed by atoms with Crippen LogP contribution in [0.4, 0.5) is 5.13 Å². The Hall–Kier alpha value is -0.280. The third-order valence-electron chi connectivity index (χ3n) is 2.39. The fraction of sp³-hybridized carbons (Fsp3) is 0.667. The molecule has 0 amide bonds. The van der Waals surface area contributed by atoms with Gasteiger partial charge in [0.15, 0.2) is 5.13 Å². The van der Waals surface area contributed by atoms with Crippen molar-refractivity contribution in [2.24, 2.45) is 5.92 Å². The third-order valence-corrected chi connectivity index (χ3v) is 3.62. The Kier molecular flexibility index (Phi) is 2.74. The van der Waals surface area contributed by atoms with Gasteiger partial charge in [-0.05, 0) is 18.8 Å². The highest BCUT2D eigenvalue weighted by Crippen LogP contribution is 2.27. The summed E-state index contributed by atoms with van der Waals surface area (Å²) in [7, 11) is 0. The Labute approximate surface area is 87.5 Å². The van der Waals surface area contributed by atoms with Crippen molar-refractivity contribution < 1.29 is 0 Å². The van der Waals surface area contributed by atoms with E-state index in [-0.39, 0.29) is 0 Å². The maximum absolute atomic E-state index is 5.79. The van der Waals surface area contributed by atoms with Gasteiger partial charge in [0, 0.05) is 18.5 Å². The summed E-state index contributed by atoms with van der Waals surface area (Å²) in [6, 6.07) is 0. The summed E-state index contributed by atoms with van der Waals surface area (Å²) in [5.41, 5.74) is 0. The van der Waals surface area contributed by atoms with E-state index in [9.17, 15) is 0 Å². The van der Waals surface area contributed by atoms with Crippen molar-refractivity contribution in [1.82, 2.24) is 4.98 Å². The van der Waals surface area contributed by atoms with E-state index in [1.807, 2.05) is 5.38 Å². The highest BCUT2D eigenvalue weighted by atomic mass is 35.5. The molecule has 72 valence electrons. The predicted molar refractivity (Wildman–Crippen MR) is 57.7 cm³/mol. The van der Waals surface area contributed by atoms with Gasteiger partial charge in [-0.15, -0.1) is 11.3 Å². The molecule has 2 rings (SSSR count). The minimum atomic E-state index is 0.623. The van der Waals surface area contributed by atoms with E-state index in [2.05, 4.69) is 16.8 Å². The molecule has 0 spiro atoms. The van der Waals surface area contributed by atoms with Gasteiger partial charge in [-0.3, -0.25) is 0 Å². The van der Waals surface area contributed by atoms with Crippen LogP contribution in [-0.4, -0.2) is 18.1 Å². The van der Waals surface area contributed by atoms with Crippen molar-refractivity contribution in [3.8, 4) is 0 Å². The van der Waals surface area contributed by atoms with E-state index in [0.29, 0.717) is 5.15 Å². The Balaban J connectivity index is 2.08. The van der Waals surface area contributed by atoms with E-state index in [1.165, 1.54) is 12.8 Å². The number of rotatable bonds is 1. The second-order valence-corrected chi connectivity index (χ2v) is 4.87. The van der Waals surface area contributed by atoms with Crippen molar-refractivity contribution in [2.75, 3.05) is 18.0 Å². The van der Waals surface area contributed by atoms with Crippen LogP contribution < -0.4 is 4.90 Å². The summed E-state index contributed by atoms with van der Waals surface area (Å²) >= 11 is 7.43. The van der Waals surface area contributed by atoms with Gasteiger partial charge in [0.05, 0.1) is 0 Å². The van der Waals surface area contributed by atoms with Gasteiger partial charge in [0.2, 0.25) is 0 Å². The average molecular weight is 217 g/mol. The standard InChI is InChI=1S/C9H13ClN2S/c1-7-3-2-4-12(5-7)9-11-8(10)6-13-9/h6-7H,2-5H2,1H3. The molecule has 1 aliphatic heterocycles. The van der Waals surface area contributed by atoms with Crippen LogP contribution in [0.25, 0.3) is 0 Å². The number of aromatic nitrogens is 1. The lowest BCUT2D eigenvalue weighted by molar-refractivity contribution is 0.446. The van der Waals surface area contributed by atoms with Gasteiger partial charge in [0.25, 0.3) is 0 Å². The van der Waals surface area contributed by atoms with E-state index < -0.39 is 0 Å². The van der Waals surface area contributed by atoms with Gasteiger partial charge in [0.1, 0.15) is 5.15 Å². The van der Waals surface area contributed by atoms with Gasteiger partial charge >= 0.3 is 0 Å². The van der Waals surface area contributed by atoms with Crippen LogP contribution in [-0.2, 0) is 0 Å². The molecule has 1 aromatic heterocycles. The number of hydrogen-bond acceptors (Lipinski definition) is 3. The van der Waals surface area contributed by atoms with Gasteiger partial charge in [-0.2, -0.15) is 0 Å². The zero-order valence-corrected chi connectivity index (χ0v) is 9.24. The van der Waals surface area contributed by atoms with Crippen molar-refractivity contribution in [3.63, 3.8) is 0 Å². The molecular weight excluding hydrogens is 204 g/mol. The molecule has 1 saturated heterocycles. The second kappa shape index (κ2) is 3.84. The molecule has 1 fully saturated rings. The predicted octanol–water partition coefficient (Wildman–Crippen LogP) is 3.03. The molecule has 0 N–H and O–H groups in total. The van der Waals surface area contributed by atoms with Crippen LogP contribution >= 0.6 is 22.9 Å². The Morgan fingerprint density at radius 1 is 1.69 bits per heavy atom. The smallest absolute Gasteiger partial charge is 0.186 e. The zero-order chi connectivity index (χ0) is 9.26.